The molecule has 0 saturated heterocycles. The van der Waals surface area contributed by atoms with Gasteiger partial charge in [0.1, 0.15) is 0 Å². The molecular formula is C18H28N4O2. The third-order valence-electron chi connectivity index (χ3n) is 6.12. The smallest absolute Gasteiger partial charge is 0.317 e. The molecule has 4 rings (SSSR count). The van der Waals surface area contributed by atoms with Gasteiger partial charge in [0.05, 0.1) is 6.54 Å². The molecule has 132 valence electrons. The van der Waals surface area contributed by atoms with Gasteiger partial charge in [-0.25, -0.2) is 4.79 Å². The first-order chi connectivity index (χ1) is 11.7. The van der Waals surface area contributed by atoms with Crippen molar-refractivity contribution < 1.29 is 9.32 Å². The van der Waals surface area contributed by atoms with Gasteiger partial charge >= 0.3 is 6.03 Å². The van der Waals surface area contributed by atoms with Crippen LogP contribution in [-0.4, -0.2) is 34.2 Å². The van der Waals surface area contributed by atoms with Crippen LogP contribution in [0.2, 0.25) is 0 Å². The number of carbonyl (C=O) groups is 1. The highest BCUT2D eigenvalue weighted by atomic mass is 16.5. The fourth-order valence-corrected chi connectivity index (χ4v) is 4.24. The first kappa shape index (κ1) is 15.9. The number of carbonyl (C=O) groups excluding carboxylic acids is 1. The number of urea groups is 1. The van der Waals surface area contributed by atoms with Crippen molar-refractivity contribution in [2.45, 2.75) is 70.8 Å². The Morgan fingerprint density at radius 3 is 2.83 bits per heavy atom. The van der Waals surface area contributed by atoms with E-state index in [9.17, 15) is 4.79 Å². The predicted octanol–water partition coefficient (Wildman–Crippen LogP) is 3.45. The van der Waals surface area contributed by atoms with Gasteiger partial charge in [-0.2, -0.15) is 4.98 Å². The second-order valence-electron chi connectivity index (χ2n) is 7.85. The lowest BCUT2D eigenvalue weighted by atomic mass is 9.84. The number of hydrogen-bond acceptors (Lipinski definition) is 4. The third kappa shape index (κ3) is 3.28. The fourth-order valence-electron chi connectivity index (χ4n) is 4.24. The molecule has 3 aliphatic rings. The summed E-state index contributed by atoms with van der Waals surface area (Å²) in [7, 11) is 0. The summed E-state index contributed by atoms with van der Waals surface area (Å²) in [5.74, 6) is 2.49. The van der Waals surface area contributed by atoms with E-state index in [-0.39, 0.29) is 6.03 Å². The number of nitrogens with zero attached hydrogens (tertiary/aromatic N) is 3. The Labute approximate surface area is 143 Å². The van der Waals surface area contributed by atoms with Gasteiger partial charge < -0.3 is 14.7 Å². The largest absolute Gasteiger partial charge is 0.339 e. The molecule has 0 unspecified atom stereocenters. The van der Waals surface area contributed by atoms with Gasteiger partial charge in [-0.3, -0.25) is 0 Å². The van der Waals surface area contributed by atoms with Crippen LogP contribution in [0.25, 0.3) is 0 Å². The van der Waals surface area contributed by atoms with Crippen molar-refractivity contribution >= 4 is 6.03 Å². The Kier molecular flexibility index (Phi) is 4.22. The maximum atomic E-state index is 12.5. The zero-order valence-corrected chi connectivity index (χ0v) is 14.6. The number of rotatable bonds is 6. The van der Waals surface area contributed by atoms with Crippen molar-refractivity contribution in [3.8, 4) is 0 Å². The van der Waals surface area contributed by atoms with E-state index in [1.54, 1.807) is 4.90 Å². The summed E-state index contributed by atoms with van der Waals surface area (Å²) in [6, 6.07) is -0.00636. The number of aromatic nitrogens is 2. The molecule has 24 heavy (non-hydrogen) atoms. The average Bonchev–Trinajstić information content (AvgIpc) is 3.51. The summed E-state index contributed by atoms with van der Waals surface area (Å²) in [6.07, 6.45) is 10.4. The maximum Gasteiger partial charge on any atom is 0.317 e. The molecule has 1 heterocycles. The average molecular weight is 332 g/mol. The van der Waals surface area contributed by atoms with Crippen LogP contribution in [0, 0.1) is 11.3 Å². The Bertz CT molecular complexity index is 590. The second kappa shape index (κ2) is 6.37. The lowest BCUT2D eigenvalue weighted by Gasteiger charge is -2.23. The van der Waals surface area contributed by atoms with Crippen LogP contribution < -0.4 is 5.32 Å². The molecule has 6 heteroatoms. The van der Waals surface area contributed by atoms with Crippen LogP contribution >= 0.6 is 0 Å². The highest BCUT2D eigenvalue weighted by Crippen LogP contribution is 2.60. The topological polar surface area (TPSA) is 71.3 Å². The van der Waals surface area contributed by atoms with E-state index in [0.717, 1.165) is 25.3 Å². The molecule has 0 aromatic carbocycles. The summed E-state index contributed by atoms with van der Waals surface area (Å²) in [4.78, 5) is 18.6. The highest BCUT2D eigenvalue weighted by Gasteiger charge is 2.53. The van der Waals surface area contributed by atoms with E-state index in [0.29, 0.717) is 36.2 Å². The molecule has 1 aromatic heterocycles. The van der Waals surface area contributed by atoms with Gasteiger partial charge in [-0.05, 0) is 50.4 Å². The van der Waals surface area contributed by atoms with E-state index < -0.39 is 0 Å². The first-order valence-corrected chi connectivity index (χ1v) is 9.55. The molecule has 6 nitrogen and oxygen atoms in total. The van der Waals surface area contributed by atoms with E-state index in [1.165, 1.54) is 38.5 Å². The molecule has 0 aliphatic heterocycles. The van der Waals surface area contributed by atoms with Crippen molar-refractivity contribution in [2.75, 3.05) is 13.1 Å². The van der Waals surface area contributed by atoms with Crippen molar-refractivity contribution in [1.82, 2.24) is 20.4 Å². The minimum atomic E-state index is -0.00636. The van der Waals surface area contributed by atoms with Crippen molar-refractivity contribution in [1.29, 1.82) is 0 Å². The van der Waals surface area contributed by atoms with Gasteiger partial charge in [0.2, 0.25) is 5.89 Å². The normalized spacial score (nSPS) is 24.8. The zero-order chi connectivity index (χ0) is 16.6. The molecule has 3 aliphatic carbocycles. The summed E-state index contributed by atoms with van der Waals surface area (Å²) in [6.45, 7) is 3.87. The molecule has 1 atom stereocenters. The Morgan fingerprint density at radius 1 is 1.33 bits per heavy atom. The SMILES string of the molecule is CCN(Cc1noc(C2CC2)n1)C(=O)NC[C@@H]1CC12CCCCC2. The predicted molar refractivity (Wildman–Crippen MR) is 89.4 cm³/mol. The fraction of sp³-hybridized carbons (Fsp3) is 0.833. The lowest BCUT2D eigenvalue weighted by molar-refractivity contribution is 0.194. The van der Waals surface area contributed by atoms with Gasteiger partial charge in [0, 0.05) is 19.0 Å². The van der Waals surface area contributed by atoms with Crippen LogP contribution in [0.1, 0.15) is 75.9 Å². The summed E-state index contributed by atoms with van der Waals surface area (Å²) in [5, 5.41) is 7.15. The zero-order valence-electron chi connectivity index (χ0n) is 14.6. The van der Waals surface area contributed by atoms with Crippen LogP contribution in [0.3, 0.4) is 0 Å². The van der Waals surface area contributed by atoms with Crippen molar-refractivity contribution in [3.05, 3.63) is 11.7 Å². The Balaban J connectivity index is 1.26. The molecule has 0 bridgehead atoms. The monoisotopic (exact) mass is 332 g/mol. The molecule has 3 fully saturated rings. The summed E-state index contributed by atoms with van der Waals surface area (Å²) in [5.41, 5.74) is 0.565. The van der Waals surface area contributed by atoms with Gasteiger partial charge in [0.15, 0.2) is 5.82 Å². The van der Waals surface area contributed by atoms with Crippen molar-refractivity contribution in [3.63, 3.8) is 0 Å². The minimum Gasteiger partial charge on any atom is -0.339 e. The quantitative estimate of drug-likeness (QED) is 0.866. The molecule has 2 amide bonds. The van der Waals surface area contributed by atoms with Crippen LogP contribution in [-0.2, 0) is 6.54 Å². The lowest BCUT2D eigenvalue weighted by Crippen LogP contribution is -2.40. The summed E-state index contributed by atoms with van der Waals surface area (Å²) < 4.78 is 5.28. The molecule has 1 N–H and O–H groups in total. The molecular weight excluding hydrogens is 304 g/mol. The van der Waals surface area contributed by atoms with E-state index in [4.69, 9.17) is 4.52 Å². The number of hydrogen-bond donors (Lipinski definition) is 1. The van der Waals surface area contributed by atoms with Crippen LogP contribution in [0.4, 0.5) is 4.79 Å². The minimum absolute atomic E-state index is 0.00636. The van der Waals surface area contributed by atoms with E-state index in [1.807, 2.05) is 6.92 Å². The number of nitrogens with one attached hydrogen (secondary N) is 1. The summed E-state index contributed by atoms with van der Waals surface area (Å²) >= 11 is 0. The van der Waals surface area contributed by atoms with Gasteiger partial charge in [-0.1, -0.05) is 24.4 Å². The molecule has 1 aromatic rings. The first-order valence-electron chi connectivity index (χ1n) is 9.55. The van der Waals surface area contributed by atoms with Gasteiger partial charge in [0.25, 0.3) is 0 Å². The molecule has 3 saturated carbocycles. The second-order valence-corrected chi connectivity index (χ2v) is 7.85. The third-order valence-corrected chi connectivity index (χ3v) is 6.12. The van der Waals surface area contributed by atoms with Crippen molar-refractivity contribution in [2.24, 2.45) is 11.3 Å². The van der Waals surface area contributed by atoms with E-state index >= 15 is 0 Å². The Hall–Kier alpha value is -1.59. The Morgan fingerprint density at radius 2 is 2.12 bits per heavy atom. The molecule has 1 spiro atoms. The standard InChI is InChI=1S/C18H28N4O2/c1-2-22(12-15-20-16(24-21-15)13-6-7-13)17(23)19-11-14-10-18(14)8-4-3-5-9-18/h13-14H,2-12H2,1H3,(H,19,23)/t14-/m0/s1. The molecule has 0 radical (unpaired) electrons. The van der Waals surface area contributed by atoms with Crippen LogP contribution in [0.15, 0.2) is 4.52 Å². The number of amides is 2. The highest BCUT2D eigenvalue weighted by molar-refractivity contribution is 5.74. The van der Waals surface area contributed by atoms with Gasteiger partial charge in [-0.15, -0.1) is 0 Å². The maximum absolute atomic E-state index is 12.5. The van der Waals surface area contributed by atoms with Crippen LogP contribution in [0.5, 0.6) is 0 Å². The van der Waals surface area contributed by atoms with E-state index in [2.05, 4.69) is 15.5 Å².